The van der Waals surface area contributed by atoms with Crippen molar-refractivity contribution in [3.63, 3.8) is 0 Å². The molecule has 0 aliphatic heterocycles. The first-order valence-electron chi connectivity index (χ1n) is 3.93. The molecule has 0 radical (unpaired) electrons. The Morgan fingerprint density at radius 1 is 1.42 bits per heavy atom. The Morgan fingerprint density at radius 2 is 2.08 bits per heavy atom. The van der Waals surface area contributed by atoms with Gasteiger partial charge >= 0.3 is 0 Å². The van der Waals surface area contributed by atoms with E-state index in [4.69, 9.17) is 4.74 Å². The first-order chi connectivity index (χ1) is 5.65. The molecule has 2 heteroatoms. The van der Waals surface area contributed by atoms with Crippen molar-refractivity contribution in [1.82, 2.24) is 0 Å². The van der Waals surface area contributed by atoms with Gasteiger partial charge in [-0.05, 0) is 31.0 Å². The Balaban J connectivity index is 3.02. The Kier molecular flexibility index (Phi) is 3.15. The third kappa shape index (κ3) is 2.01. The zero-order valence-corrected chi connectivity index (χ0v) is 9.18. The highest BCUT2D eigenvalue weighted by Crippen LogP contribution is 2.26. The fourth-order valence-electron chi connectivity index (χ4n) is 1.15. The van der Waals surface area contributed by atoms with Gasteiger partial charge in [0.1, 0.15) is 5.75 Å². The van der Waals surface area contributed by atoms with Crippen LogP contribution in [0.3, 0.4) is 0 Å². The summed E-state index contributed by atoms with van der Waals surface area (Å²) < 4.78 is 5.16. The Labute approximate surface area is 81.9 Å². The maximum absolute atomic E-state index is 5.16. The molecule has 12 heavy (non-hydrogen) atoms. The van der Waals surface area contributed by atoms with Crippen molar-refractivity contribution in [2.24, 2.45) is 0 Å². The molecule has 0 amide bonds. The topological polar surface area (TPSA) is 9.23 Å². The van der Waals surface area contributed by atoms with Gasteiger partial charge < -0.3 is 4.74 Å². The van der Waals surface area contributed by atoms with Gasteiger partial charge in [0, 0.05) is 4.83 Å². The molecule has 0 saturated heterocycles. The first-order valence-corrected chi connectivity index (χ1v) is 4.85. The van der Waals surface area contributed by atoms with E-state index < -0.39 is 0 Å². The lowest BCUT2D eigenvalue weighted by Crippen LogP contribution is -1.90. The summed E-state index contributed by atoms with van der Waals surface area (Å²) in [6, 6.07) is 6.21. The van der Waals surface area contributed by atoms with E-state index in [1.165, 1.54) is 11.1 Å². The summed E-state index contributed by atoms with van der Waals surface area (Å²) in [5.74, 6) is 0.951. The van der Waals surface area contributed by atoms with Crippen molar-refractivity contribution >= 4 is 15.9 Å². The van der Waals surface area contributed by atoms with Gasteiger partial charge in [-0.3, -0.25) is 0 Å². The molecular weight excluding hydrogens is 216 g/mol. The molecule has 1 rings (SSSR count). The van der Waals surface area contributed by atoms with Gasteiger partial charge in [0.15, 0.2) is 0 Å². The van der Waals surface area contributed by atoms with Crippen molar-refractivity contribution in [3.8, 4) is 5.75 Å². The van der Waals surface area contributed by atoms with Crippen molar-refractivity contribution < 1.29 is 4.74 Å². The fourth-order valence-corrected chi connectivity index (χ4v) is 1.43. The lowest BCUT2D eigenvalue weighted by atomic mass is 10.1. The summed E-state index contributed by atoms with van der Waals surface area (Å²) in [6.07, 6.45) is 0. The average Bonchev–Trinajstić information content (AvgIpc) is 2.04. The molecule has 1 atom stereocenters. The normalized spacial score (nSPS) is 12.7. The van der Waals surface area contributed by atoms with Crippen LogP contribution in [0.15, 0.2) is 18.2 Å². The number of aryl methyl sites for hydroxylation is 1. The van der Waals surface area contributed by atoms with Crippen LogP contribution in [0, 0.1) is 6.92 Å². The third-order valence-electron chi connectivity index (χ3n) is 1.88. The lowest BCUT2D eigenvalue weighted by molar-refractivity contribution is 0.411. The van der Waals surface area contributed by atoms with Crippen LogP contribution < -0.4 is 4.74 Å². The molecule has 0 aliphatic rings. The average molecular weight is 229 g/mol. The molecule has 0 bridgehead atoms. The van der Waals surface area contributed by atoms with Gasteiger partial charge in [-0.15, -0.1) is 0 Å². The summed E-state index contributed by atoms with van der Waals surface area (Å²) in [6.45, 7) is 4.17. The lowest BCUT2D eigenvalue weighted by Gasteiger charge is -2.08. The van der Waals surface area contributed by atoms with Gasteiger partial charge in [0.2, 0.25) is 0 Å². The molecule has 1 nitrogen and oxygen atoms in total. The molecule has 0 N–H and O–H groups in total. The standard InChI is InChI=1S/C10H13BrO/c1-7-6-9(8(2)11)4-5-10(7)12-3/h4-6,8H,1-3H3. The summed E-state index contributed by atoms with van der Waals surface area (Å²) in [5.41, 5.74) is 2.47. The number of methoxy groups -OCH3 is 1. The summed E-state index contributed by atoms with van der Waals surface area (Å²) >= 11 is 3.52. The zero-order chi connectivity index (χ0) is 9.14. The van der Waals surface area contributed by atoms with E-state index in [0.717, 1.165) is 5.75 Å². The van der Waals surface area contributed by atoms with Crippen LogP contribution in [0.25, 0.3) is 0 Å². The fraction of sp³-hybridized carbons (Fsp3) is 0.400. The number of alkyl halides is 1. The van der Waals surface area contributed by atoms with Crippen LogP contribution in [0.1, 0.15) is 22.9 Å². The number of ether oxygens (including phenoxy) is 1. The van der Waals surface area contributed by atoms with Crippen LogP contribution in [0.2, 0.25) is 0 Å². The Morgan fingerprint density at radius 3 is 2.50 bits per heavy atom. The number of benzene rings is 1. The van der Waals surface area contributed by atoms with E-state index >= 15 is 0 Å². The molecule has 1 unspecified atom stereocenters. The molecule has 1 aromatic rings. The molecule has 0 fully saturated rings. The van der Waals surface area contributed by atoms with Gasteiger partial charge in [0.25, 0.3) is 0 Å². The van der Waals surface area contributed by atoms with Crippen LogP contribution in [0.4, 0.5) is 0 Å². The second-order valence-electron chi connectivity index (χ2n) is 2.85. The summed E-state index contributed by atoms with van der Waals surface area (Å²) in [5, 5.41) is 0. The second kappa shape index (κ2) is 3.94. The van der Waals surface area contributed by atoms with Crippen LogP contribution in [-0.4, -0.2) is 7.11 Å². The Hall–Kier alpha value is -0.500. The maximum Gasteiger partial charge on any atom is 0.121 e. The smallest absolute Gasteiger partial charge is 0.121 e. The van der Waals surface area contributed by atoms with Crippen molar-refractivity contribution in [2.45, 2.75) is 18.7 Å². The minimum atomic E-state index is 0.405. The third-order valence-corrected chi connectivity index (χ3v) is 2.41. The molecule has 0 aliphatic carbocycles. The number of rotatable bonds is 2. The van der Waals surface area contributed by atoms with Crippen LogP contribution in [0.5, 0.6) is 5.75 Å². The predicted octanol–water partition coefficient (Wildman–Crippen LogP) is 3.46. The van der Waals surface area contributed by atoms with E-state index in [9.17, 15) is 0 Å². The molecule has 0 aromatic heterocycles. The summed E-state index contributed by atoms with van der Waals surface area (Å²) in [4.78, 5) is 0.405. The minimum Gasteiger partial charge on any atom is -0.496 e. The second-order valence-corrected chi connectivity index (χ2v) is 4.22. The molecule has 0 saturated carbocycles. The highest BCUT2D eigenvalue weighted by molar-refractivity contribution is 9.09. The quantitative estimate of drug-likeness (QED) is 0.705. The van der Waals surface area contributed by atoms with E-state index in [-0.39, 0.29) is 0 Å². The minimum absolute atomic E-state index is 0.405. The van der Waals surface area contributed by atoms with E-state index in [1.807, 2.05) is 6.07 Å². The first kappa shape index (κ1) is 9.59. The SMILES string of the molecule is COc1ccc(C(C)Br)cc1C. The van der Waals surface area contributed by atoms with Gasteiger partial charge in [0.05, 0.1) is 7.11 Å². The van der Waals surface area contributed by atoms with Crippen molar-refractivity contribution in [2.75, 3.05) is 7.11 Å². The molecule has 66 valence electrons. The van der Waals surface area contributed by atoms with Gasteiger partial charge in [-0.25, -0.2) is 0 Å². The highest BCUT2D eigenvalue weighted by Gasteiger charge is 2.03. The molecule has 1 aromatic carbocycles. The molecule has 0 heterocycles. The highest BCUT2D eigenvalue weighted by atomic mass is 79.9. The zero-order valence-electron chi connectivity index (χ0n) is 7.60. The van der Waals surface area contributed by atoms with Crippen LogP contribution in [-0.2, 0) is 0 Å². The maximum atomic E-state index is 5.16. The van der Waals surface area contributed by atoms with E-state index in [1.54, 1.807) is 7.11 Å². The van der Waals surface area contributed by atoms with E-state index in [0.29, 0.717) is 4.83 Å². The molecule has 0 spiro atoms. The largest absolute Gasteiger partial charge is 0.496 e. The van der Waals surface area contributed by atoms with Crippen molar-refractivity contribution in [1.29, 1.82) is 0 Å². The number of halogens is 1. The molecular formula is C10H13BrO. The van der Waals surface area contributed by atoms with Crippen LogP contribution >= 0.6 is 15.9 Å². The predicted molar refractivity (Wildman–Crippen MR) is 55.1 cm³/mol. The number of hydrogen-bond donors (Lipinski definition) is 0. The Bertz CT molecular complexity index is 269. The van der Waals surface area contributed by atoms with Gasteiger partial charge in [-0.2, -0.15) is 0 Å². The monoisotopic (exact) mass is 228 g/mol. The van der Waals surface area contributed by atoms with Crippen molar-refractivity contribution in [3.05, 3.63) is 29.3 Å². The van der Waals surface area contributed by atoms with Gasteiger partial charge in [-0.1, -0.05) is 28.1 Å². The van der Waals surface area contributed by atoms with E-state index in [2.05, 4.69) is 41.9 Å². The summed E-state index contributed by atoms with van der Waals surface area (Å²) in [7, 11) is 1.69. The number of hydrogen-bond acceptors (Lipinski definition) is 1.